The van der Waals surface area contributed by atoms with Crippen molar-refractivity contribution in [1.82, 2.24) is 25.1 Å². The third-order valence-electron chi connectivity index (χ3n) is 11.2. The van der Waals surface area contributed by atoms with E-state index in [1.807, 2.05) is 17.0 Å². The maximum atomic E-state index is 15.4. The van der Waals surface area contributed by atoms with E-state index < -0.39 is 88.3 Å². The molecule has 4 heterocycles. The molecule has 61 heavy (non-hydrogen) atoms. The van der Waals surface area contributed by atoms with E-state index in [-0.39, 0.29) is 40.9 Å². The van der Waals surface area contributed by atoms with Gasteiger partial charge in [0, 0.05) is 60.0 Å². The lowest BCUT2D eigenvalue weighted by atomic mass is 9.94. The van der Waals surface area contributed by atoms with Crippen molar-refractivity contribution in [2.24, 2.45) is 11.7 Å². The van der Waals surface area contributed by atoms with Crippen molar-refractivity contribution in [3.8, 4) is 11.1 Å². The highest BCUT2D eigenvalue weighted by Gasteiger charge is 2.68. The first-order valence-electron chi connectivity index (χ1n) is 18.9. The third-order valence-corrected chi connectivity index (χ3v) is 12.5. The van der Waals surface area contributed by atoms with Crippen molar-refractivity contribution < 1.29 is 44.7 Å². The van der Waals surface area contributed by atoms with Crippen LogP contribution in [0.5, 0.6) is 0 Å². The highest BCUT2D eigenvalue weighted by molar-refractivity contribution is 7.22. The van der Waals surface area contributed by atoms with E-state index >= 15 is 8.78 Å². The zero-order valence-corrected chi connectivity index (χ0v) is 33.0. The second kappa shape index (κ2) is 15.0. The van der Waals surface area contributed by atoms with Gasteiger partial charge in [-0.3, -0.25) is 14.3 Å². The minimum Gasteiger partial charge on any atom is -0.368 e. The number of hydrogen-bond acceptors (Lipinski definition) is 8. The Hall–Kier alpha value is -5.82. The molecule has 2 fully saturated rings. The summed E-state index contributed by atoms with van der Waals surface area (Å²) in [5, 5.41) is 7.27. The van der Waals surface area contributed by atoms with Gasteiger partial charge in [0.15, 0.2) is 16.5 Å². The zero-order chi connectivity index (χ0) is 43.1. The van der Waals surface area contributed by atoms with Crippen LogP contribution in [0.3, 0.4) is 0 Å². The van der Waals surface area contributed by atoms with Crippen molar-refractivity contribution in [3.63, 3.8) is 0 Å². The summed E-state index contributed by atoms with van der Waals surface area (Å²) in [6.07, 6.45) is -5.61. The zero-order valence-electron chi connectivity index (χ0n) is 31.4. The average molecular weight is 887 g/mol. The lowest BCUT2D eigenvalue weighted by Gasteiger charge is -2.35. The molecule has 3 N–H and O–H groups in total. The van der Waals surface area contributed by atoms with E-state index in [0.29, 0.717) is 51.8 Å². The number of nitrogens with one attached hydrogen (secondary N) is 1. The van der Waals surface area contributed by atoms with E-state index in [4.69, 9.17) is 27.3 Å². The van der Waals surface area contributed by atoms with Crippen molar-refractivity contribution in [3.05, 3.63) is 123 Å². The Morgan fingerprint density at radius 3 is 2.30 bits per heavy atom. The highest BCUT2D eigenvalue weighted by atomic mass is 35.5. The van der Waals surface area contributed by atoms with Gasteiger partial charge >= 0.3 is 6.18 Å². The molecule has 1 saturated heterocycles. The topological polar surface area (TPSA) is 122 Å². The molecule has 10 nitrogen and oxygen atoms in total. The number of fused-ring (bicyclic) bond motifs is 4. The number of thiazole rings is 1. The minimum atomic E-state index is -5.08. The molecule has 0 radical (unpaired) electrons. The van der Waals surface area contributed by atoms with Crippen molar-refractivity contribution in [1.29, 1.82) is 0 Å². The number of nitrogens with two attached hydrogens (primary N) is 1. The van der Waals surface area contributed by atoms with Gasteiger partial charge in [-0.15, -0.1) is 0 Å². The lowest BCUT2D eigenvalue weighted by molar-refractivity contribution is -0.142. The number of halogens is 9. The smallest absolute Gasteiger partial charge is 0.368 e. The predicted octanol–water partition coefficient (Wildman–Crippen LogP) is 8.38. The first-order chi connectivity index (χ1) is 28.9. The average Bonchev–Trinajstić information content (AvgIpc) is 3.65. The molecule has 316 valence electrons. The number of piperazine rings is 1. The van der Waals surface area contributed by atoms with Gasteiger partial charge in [0.25, 0.3) is 11.8 Å². The van der Waals surface area contributed by atoms with Crippen molar-refractivity contribution in [2.45, 2.75) is 43.4 Å². The molecular weight excluding hydrogens is 856 g/mol. The number of anilines is 2. The first kappa shape index (κ1) is 40.6. The highest BCUT2D eigenvalue weighted by Crippen LogP contribution is 2.68. The van der Waals surface area contributed by atoms with Crippen LogP contribution in [0, 0.1) is 23.4 Å². The minimum absolute atomic E-state index is 0.00907. The van der Waals surface area contributed by atoms with Crippen LogP contribution in [0.25, 0.3) is 21.5 Å². The molecule has 3 aromatic heterocycles. The van der Waals surface area contributed by atoms with E-state index in [9.17, 15) is 35.9 Å². The number of benzene rings is 3. The number of hydrogen-bond donors (Lipinski definition) is 2. The second-order valence-electron chi connectivity index (χ2n) is 15.2. The van der Waals surface area contributed by atoms with Gasteiger partial charge in [-0.1, -0.05) is 29.0 Å². The second-order valence-corrected chi connectivity index (χ2v) is 16.6. The lowest BCUT2D eigenvalue weighted by Crippen LogP contribution is -2.46. The molecule has 3 atom stereocenters. The molecule has 3 aromatic carbocycles. The summed E-state index contributed by atoms with van der Waals surface area (Å²) in [7, 11) is 0. The Morgan fingerprint density at radius 1 is 0.934 bits per heavy atom. The number of alkyl halides is 5. The van der Waals surface area contributed by atoms with Crippen LogP contribution in [-0.4, -0.2) is 57.7 Å². The molecule has 0 bridgehead atoms. The standard InChI is InChI=1S/C41H31ClF8N8O2S/c42-21-2-4-24(5-3-21)56-7-9-57(10-8-56)39-54-38-31(61-39)17-25(20-1-6-29(45)27(14-20)37(51)60)34(53-38)30(13-19-11-22(43)15-23(44)12-19)52-32(59)18-58-36-33(35(55-58)41(48,49)50)26-16-28(26)40(36,46)47/h1-6,11-12,14-15,17,26,28,30H,7-10,13,16,18H2,(H2,51,60)(H,52,59)/t26-,28?,30-/m0/s1. The van der Waals surface area contributed by atoms with Gasteiger partial charge in [0.05, 0.1) is 22.0 Å². The van der Waals surface area contributed by atoms with Crippen LogP contribution in [0.15, 0.2) is 66.7 Å². The first-order valence-corrected chi connectivity index (χ1v) is 20.1. The van der Waals surface area contributed by atoms with E-state index in [2.05, 4.69) is 15.3 Å². The fourth-order valence-corrected chi connectivity index (χ4v) is 9.46. The van der Waals surface area contributed by atoms with Gasteiger partial charge in [-0.25, -0.2) is 18.2 Å². The van der Waals surface area contributed by atoms with Crippen LogP contribution in [0.2, 0.25) is 5.02 Å². The summed E-state index contributed by atoms with van der Waals surface area (Å²) in [5.74, 6) is -11.1. The number of pyridine rings is 1. The molecule has 0 spiro atoms. The Kier molecular flexibility index (Phi) is 9.96. The van der Waals surface area contributed by atoms with Gasteiger partial charge in [0.1, 0.15) is 29.7 Å². The number of amides is 2. The van der Waals surface area contributed by atoms with Crippen LogP contribution in [0.4, 0.5) is 45.9 Å². The Bertz CT molecular complexity index is 2710. The number of carbonyl (C=O) groups excluding carboxylic acids is 2. The number of aromatic nitrogens is 4. The van der Waals surface area contributed by atoms with Crippen molar-refractivity contribution >= 4 is 55.9 Å². The van der Waals surface area contributed by atoms with Crippen LogP contribution >= 0.6 is 22.9 Å². The molecule has 2 aliphatic carbocycles. The quantitative estimate of drug-likeness (QED) is 0.133. The molecule has 9 rings (SSSR count). The van der Waals surface area contributed by atoms with E-state index in [1.165, 1.54) is 23.5 Å². The summed E-state index contributed by atoms with van der Waals surface area (Å²) >= 11 is 7.35. The van der Waals surface area contributed by atoms with E-state index in [1.54, 1.807) is 18.2 Å². The Labute approximate surface area is 349 Å². The normalized spacial score (nSPS) is 18.6. The van der Waals surface area contributed by atoms with E-state index in [0.717, 1.165) is 23.9 Å². The fraction of sp³-hybridized carbons (Fsp3) is 0.293. The number of primary amides is 1. The summed E-state index contributed by atoms with van der Waals surface area (Å²) in [5.41, 5.74) is 3.44. The Morgan fingerprint density at radius 2 is 1.62 bits per heavy atom. The Balaban J connectivity index is 1.11. The molecule has 2 amide bonds. The fourth-order valence-electron chi connectivity index (χ4n) is 8.34. The van der Waals surface area contributed by atoms with Gasteiger partial charge in [-0.2, -0.15) is 32.0 Å². The van der Waals surface area contributed by atoms with Crippen LogP contribution < -0.4 is 20.9 Å². The monoisotopic (exact) mass is 886 g/mol. The van der Waals surface area contributed by atoms with Crippen LogP contribution in [0.1, 0.15) is 56.9 Å². The summed E-state index contributed by atoms with van der Waals surface area (Å²) < 4.78 is 118. The third kappa shape index (κ3) is 7.62. The molecule has 1 unspecified atom stereocenters. The maximum Gasteiger partial charge on any atom is 0.435 e. The maximum absolute atomic E-state index is 15.4. The van der Waals surface area contributed by atoms with Gasteiger partial charge in [-0.05, 0) is 84.5 Å². The largest absolute Gasteiger partial charge is 0.435 e. The molecule has 20 heteroatoms. The molecule has 1 saturated carbocycles. The number of carbonyl (C=O) groups is 2. The van der Waals surface area contributed by atoms with Gasteiger partial charge < -0.3 is 20.9 Å². The SMILES string of the molecule is NC(=O)c1cc(-c2cc3sc(N4CCN(c5ccc(Cl)cc5)CC4)nc3nc2[C@H](Cc2cc(F)cc(F)c2)NC(=O)Cn2nc(C(F)(F)F)c3c2C(F)(F)C2C[C@H]32)ccc1F. The molecule has 1 aliphatic heterocycles. The number of nitrogens with zero attached hydrogens (tertiary/aromatic N) is 6. The van der Waals surface area contributed by atoms with Gasteiger partial charge in [0.2, 0.25) is 5.91 Å². The predicted molar refractivity (Wildman–Crippen MR) is 210 cm³/mol. The summed E-state index contributed by atoms with van der Waals surface area (Å²) in [6.45, 7) is 1.34. The summed E-state index contributed by atoms with van der Waals surface area (Å²) in [4.78, 5) is 40.0. The van der Waals surface area contributed by atoms with Crippen LogP contribution in [-0.2, 0) is 29.9 Å². The molecular formula is C41H31ClF8N8O2S. The summed E-state index contributed by atoms with van der Waals surface area (Å²) in [6, 6.07) is 13.8. The molecule has 3 aliphatic rings. The molecule has 6 aromatic rings. The number of rotatable bonds is 10. The van der Waals surface area contributed by atoms with Crippen molar-refractivity contribution in [2.75, 3.05) is 36.0 Å².